The van der Waals surface area contributed by atoms with Crippen molar-refractivity contribution < 1.29 is 22.7 Å². The van der Waals surface area contributed by atoms with Gasteiger partial charge in [0, 0.05) is 31.2 Å². The third-order valence-corrected chi connectivity index (χ3v) is 7.67. The lowest BCUT2D eigenvalue weighted by Crippen LogP contribution is -2.40. The standard InChI is InChI=1S/C24H28N4O5S/c1-18(20-4-6-21(7-5-20)27-10-9-25-17-27)26-24(29)16-19-3-8-22(32-2)23(15-19)34(30,31)28-11-13-33-14-12-28/h3-10,15,17-18H,11-14,16H2,1-2H3,(H,26,29)/t18-/m0/s1. The van der Waals surface area contributed by atoms with Crippen LogP contribution >= 0.6 is 0 Å². The van der Waals surface area contributed by atoms with Gasteiger partial charge in [-0.25, -0.2) is 13.4 Å². The number of sulfonamides is 1. The minimum Gasteiger partial charge on any atom is -0.495 e. The normalized spacial score (nSPS) is 15.6. The summed E-state index contributed by atoms with van der Waals surface area (Å²) in [5.41, 5.74) is 2.53. The van der Waals surface area contributed by atoms with Gasteiger partial charge in [0.25, 0.3) is 0 Å². The van der Waals surface area contributed by atoms with Crippen molar-refractivity contribution in [3.05, 3.63) is 72.3 Å². The summed E-state index contributed by atoms with van der Waals surface area (Å²) in [5.74, 6) is 0.0491. The Labute approximate surface area is 199 Å². The number of ether oxygens (including phenoxy) is 2. The van der Waals surface area contributed by atoms with E-state index in [1.54, 1.807) is 24.7 Å². The molecule has 1 N–H and O–H groups in total. The number of morpholine rings is 1. The molecule has 0 aliphatic carbocycles. The van der Waals surface area contributed by atoms with Crippen molar-refractivity contribution in [2.24, 2.45) is 0 Å². The maximum Gasteiger partial charge on any atom is 0.246 e. The Hall–Kier alpha value is -3.21. The lowest BCUT2D eigenvalue weighted by molar-refractivity contribution is -0.121. The highest BCUT2D eigenvalue weighted by Gasteiger charge is 2.29. The van der Waals surface area contributed by atoms with Crippen LogP contribution in [0.4, 0.5) is 0 Å². The number of methoxy groups -OCH3 is 1. The van der Waals surface area contributed by atoms with Crippen molar-refractivity contribution >= 4 is 15.9 Å². The molecule has 1 fully saturated rings. The number of carbonyl (C=O) groups excluding carboxylic acids is 1. The quantitative estimate of drug-likeness (QED) is 0.527. The molecule has 0 radical (unpaired) electrons. The predicted molar refractivity (Wildman–Crippen MR) is 126 cm³/mol. The third kappa shape index (κ3) is 5.30. The van der Waals surface area contributed by atoms with Gasteiger partial charge in [-0.3, -0.25) is 4.79 Å². The first kappa shape index (κ1) is 23.9. The fraction of sp³-hybridized carbons (Fsp3) is 0.333. The molecule has 1 aliphatic rings. The summed E-state index contributed by atoms with van der Waals surface area (Å²) < 4.78 is 40.2. The van der Waals surface area contributed by atoms with E-state index in [0.29, 0.717) is 18.8 Å². The number of aromatic nitrogens is 2. The van der Waals surface area contributed by atoms with Crippen molar-refractivity contribution in [2.45, 2.75) is 24.3 Å². The number of hydrogen-bond acceptors (Lipinski definition) is 6. The van der Waals surface area contributed by atoms with Crippen LogP contribution in [0.3, 0.4) is 0 Å². The number of nitrogens with one attached hydrogen (secondary N) is 1. The minimum atomic E-state index is -3.76. The summed E-state index contributed by atoms with van der Waals surface area (Å²) in [5, 5.41) is 2.98. The lowest BCUT2D eigenvalue weighted by Gasteiger charge is -2.26. The van der Waals surface area contributed by atoms with Gasteiger partial charge in [-0.2, -0.15) is 4.31 Å². The summed E-state index contributed by atoms with van der Waals surface area (Å²) in [6, 6.07) is 12.5. The van der Waals surface area contributed by atoms with Crippen LogP contribution in [-0.2, 0) is 26.0 Å². The van der Waals surface area contributed by atoms with Crippen LogP contribution in [0.2, 0.25) is 0 Å². The van der Waals surface area contributed by atoms with Gasteiger partial charge in [0.15, 0.2) is 0 Å². The molecule has 10 heteroatoms. The molecule has 0 bridgehead atoms. The Bertz CT molecular complexity index is 1220. The molecule has 1 aliphatic heterocycles. The molecule has 2 heterocycles. The zero-order valence-electron chi connectivity index (χ0n) is 19.2. The van der Waals surface area contributed by atoms with Gasteiger partial charge in [0.1, 0.15) is 10.6 Å². The maximum absolute atomic E-state index is 13.2. The molecule has 1 atom stereocenters. The Morgan fingerprint density at radius 2 is 1.91 bits per heavy atom. The lowest BCUT2D eigenvalue weighted by atomic mass is 10.1. The Morgan fingerprint density at radius 3 is 2.56 bits per heavy atom. The first-order chi connectivity index (χ1) is 16.4. The maximum atomic E-state index is 13.2. The van der Waals surface area contributed by atoms with Gasteiger partial charge in [-0.1, -0.05) is 18.2 Å². The zero-order chi connectivity index (χ0) is 24.1. The highest BCUT2D eigenvalue weighted by Crippen LogP contribution is 2.28. The van der Waals surface area contributed by atoms with E-state index in [9.17, 15) is 13.2 Å². The molecular formula is C24H28N4O5S. The van der Waals surface area contributed by atoms with Gasteiger partial charge in [-0.05, 0) is 42.3 Å². The average molecular weight is 485 g/mol. The largest absolute Gasteiger partial charge is 0.495 e. The van der Waals surface area contributed by atoms with Crippen LogP contribution in [0.5, 0.6) is 5.75 Å². The molecule has 2 aromatic carbocycles. The number of rotatable bonds is 8. The van der Waals surface area contributed by atoms with E-state index < -0.39 is 10.0 Å². The Balaban J connectivity index is 1.45. The first-order valence-corrected chi connectivity index (χ1v) is 12.4. The second-order valence-electron chi connectivity index (χ2n) is 8.03. The monoisotopic (exact) mass is 484 g/mol. The van der Waals surface area contributed by atoms with Gasteiger partial charge in [-0.15, -0.1) is 0 Å². The highest BCUT2D eigenvalue weighted by atomic mass is 32.2. The van der Waals surface area contributed by atoms with Crippen molar-refractivity contribution in [3.8, 4) is 11.4 Å². The van der Waals surface area contributed by atoms with Crippen molar-refractivity contribution in [1.29, 1.82) is 0 Å². The molecular weight excluding hydrogens is 456 g/mol. The Morgan fingerprint density at radius 1 is 1.18 bits per heavy atom. The highest BCUT2D eigenvalue weighted by molar-refractivity contribution is 7.89. The summed E-state index contributed by atoms with van der Waals surface area (Å²) in [6.45, 7) is 3.18. The number of imidazole rings is 1. The molecule has 4 rings (SSSR count). The number of nitrogens with zero attached hydrogens (tertiary/aromatic N) is 3. The van der Waals surface area contributed by atoms with Crippen molar-refractivity contribution in [2.75, 3.05) is 33.4 Å². The predicted octanol–water partition coefficient (Wildman–Crippen LogP) is 2.32. The number of hydrogen-bond donors (Lipinski definition) is 1. The second kappa shape index (κ2) is 10.4. The van der Waals surface area contributed by atoms with E-state index in [-0.39, 0.29) is 42.1 Å². The van der Waals surface area contributed by atoms with Crippen LogP contribution in [0.1, 0.15) is 24.1 Å². The summed E-state index contributed by atoms with van der Waals surface area (Å²) in [6.07, 6.45) is 5.35. The van der Waals surface area contributed by atoms with E-state index >= 15 is 0 Å². The van der Waals surface area contributed by atoms with Crippen LogP contribution in [0.15, 0.2) is 66.1 Å². The molecule has 0 saturated carbocycles. The number of amides is 1. The molecule has 0 spiro atoms. The van der Waals surface area contributed by atoms with Gasteiger partial charge in [0.2, 0.25) is 15.9 Å². The molecule has 1 saturated heterocycles. The molecule has 9 nitrogen and oxygen atoms in total. The first-order valence-electron chi connectivity index (χ1n) is 11.0. The Kier molecular flexibility index (Phi) is 7.30. The van der Waals surface area contributed by atoms with E-state index in [1.165, 1.54) is 17.5 Å². The fourth-order valence-electron chi connectivity index (χ4n) is 3.87. The fourth-order valence-corrected chi connectivity index (χ4v) is 5.48. The summed E-state index contributed by atoms with van der Waals surface area (Å²) in [7, 11) is -2.33. The molecule has 180 valence electrons. The average Bonchev–Trinajstić information content (AvgIpc) is 3.39. The van der Waals surface area contributed by atoms with Crippen LogP contribution < -0.4 is 10.1 Å². The molecule has 0 unspecified atom stereocenters. The SMILES string of the molecule is COc1ccc(CC(=O)N[C@@H](C)c2ccc(-n3ccnc3)cc2)cc1S(=O)(=O)N1CCOCC1. The van der Waals surface area contributed by atoms with Crippen LogP contribution in [0, 0.1) is 0 Å². The minimum absolute atomic E-state index is 0.0487. The van der Waals surface area contributed by atoms with Gasteiger partial charge in [0.05, 0.1) is 39.1 Å². The number of benzene rings is 2. The van der Waals surface area contributed by atoms with Gasteiger partial charge >= 0.3 is 0 Å². The third-order valence-electron chi connectivity index (χ3n) is 5.75. The molecule has 1 amide bonds. The summed E-state index contributed by atoms with van der Waals surface area (Å²) >= 11 is 0. The van der Waals surface area contributed by atoms with E-state index in [1.807, 2.05) is 42.0 Å². The molecule has 3 aromatic rings. The zero-order valence-corrected chi connectivity index (χ0v) is 20.0. The van der Waals surface area contributed by atoms with Gasteiger partial charge < -0.3 is 19.4 Å². The summed E-state index contributed by atoms with van der Waals surface area (Å²) in [4.78, 5) is 16.8. The van der Waals surface area contributed by atoms with E-state index in [4.69, 9.17) is 9.47 Å². The van der Waals surface area contributed by atoms with Crippen molar-refractivity contribution in [1.82, 2.24) is 19.2 Å². The van der Waals surface area contributed by atoms with E-state index in [2.05, 4.69) is 10.3 Å². The second-order valence-corrected chi connectivity index (χ2v) is 9.94. The molecule has 34 heavy (non-hydrogen) atoms. The topological polar surface area (TPSA) is 103 Å². The smallest absolute Gasteiger partial charge is 0.246 e. The molecule has 1 aromatic heterocycles. The van der Waals surface area contributed by atoms with Crippen LogP contribution in [0.25, 0.3) is 5.69 Å². The van der Waals surface area contributed by atoms with Crippen LogP contribution in [-0.4, -0.2) is 61.6 Å². The van der Waals surface area contributed by atoms with Crippen molar-refractivity contribution in [3.63, 3.8) is 0 Å². The number of carbonyl (C=O) groups is 1. The van der Waals surface area contributed by atoms with E-state index in [0.717, 1.165) is 11.3 Å².